The first-order chi connectivity index (χ1) is 15.5. The van der Waals surface area contributed by atoms with E-state index in [0.29, 0.717) is 24.3 Å². The predicted molar refractivity (Wildman–Crippen MR) is 135 cm³/mol. The number of hydrogen-bond acceptors (Lipinski definition) is 4. The van der Waals surface area contributed by atoms with Gasteiger partial charge < -0.3 is 10.6 Å². The molecule has 1 saturated heterocycles. The first kappa shape index (κ1) is 24.8. The molecule has 1 fully saturated rings. The van der Waals surface area contributed by atoms with Crippen molar-refractivity contribution in [3.63, 3.8) is 0 Å². The third kappa shape index (κ3) is 6.28. The van der Waals surface area contributed by atoms with Crippen molar-refractivity contribution < 1.29 is 4.79 Å². The molecule has 0 bridgehead atoms. The number of nitrogens with two attached hydrogens (primary N) is 1. The van der Waals surface area contributed by atoms with Crippen LogP contribution in [0.5, 0.6) is 0 Å². The summed E-state index contributed by atoms with van der Waals surface area (Å²) in [7, 11) is 0. The monoisotopic (exact) mass is 430 g/mol. The number of benzene rings is 1. The van der Waals surface area contributed by atoms with Crippen molar-refractivity contribution in [3.05, 3.63) is 103 Å². The Bertz CT molecular complexity index is 957. The van der Waals surface area contributed by atoms with Gasteiger partial charge in [0.25, 0.3) is 5.91 Å². The summed E-state index contributed by atoms with van der Waals surface area (Å²) in [5.74, 6) is 0.0122. The fraction of sp³-hybridized carbons (Fsp3) is 0.259. The van der Waals surface area contributed by atoms with Crippen LogP contribution in [0.25, 0.3) is 5.57 Å². The van der Waals surface area contributed by atoms with Gasteiger partial charge in [-0.15, -0.1) is 13.2 Å². The summed E-state index contributed by atoms with van der Waals surface area (Å²) >= 11 is 0. The zero-order valence-corrected chi connectivity index (χ0v) is 19.2. The van der Waals surface area contributed by atoms with Gasteiger partial charge >= 0.3 is 0 Å². The van der Waals surface area contributed by atoms with Crippen LogP contribution in [0.15, 0.2) is 92.2 Å². The molecule has 1 aliphatic rings. The van der Waals surface area contributed by atoms with Gasteiger partial charge in [0.05, 0.1) is 11.3 Å². The van der Waals surface area contributed by atoms with Crippen LogP contribution in [0, 0.1) is 0 Å². The number of anilines is 1. The van der Waals surface area contributed by atoms with Crippen molar-refractivity contribution in [2.24, 2.45) is 0 Å². The van der Waals surface area contributed by atoms with Crippen LogP contribution in [0.1, 0.15) is 29.9 Å². The van der Waals surface area contributed by atoms with E-state index in [-0.39, 0.29) is 11.9 Å². The quantitative estimate of drug-likeness (QED) is 0.405. The second kappa shape index (κ2) is 12.4. The lowest BCUT2D eigenvalue weighted by Gasteiger charge is -2.38. The second-order valence-corrected chi connectivity index (χ2v) is 7.45. The summed E-state index contributed by atoms with van der Waals surface area (Å²) < 4.78 is 0. The molecular weight excluding hydrogens is 396 g/mol. The lowest BCUT2D eigenvalue weighted by molar-refractivity contribution is 0.0608. The molecule has 0 spiro atoms. The Balaban J connectivity index is 0.00000176. The molecule has 1 amide bonds. The Kier molecular flexibility index (Phi) is 9.64. The number of rotatable bonds is 6. The Hall–Kier alpha value is -3.44. The number of piperazine rings is 1. The Morgan fingerprint density at radius 2 is 1.72 bits per heavy atom. The number of nitrogens with zero attached hydrogens (tertiary/aromatic N) is 3. The van der Waals surface area contributed by atoms with E-state index >= 15 is 0 Å². The maximum Gasteiger partial charge on any atom is 0.256 e. The van der Waals surface area contributed by atoms with Gasteiger partial charge in [-0.25, -0.2) is 0 Å². The molecule has 2 heterocycles. The lowest BCUT2D eigenvalue weighted by Crippen LogP contribution is -2.51. The van der Waals surface area contributed by atoms with Crippen molar-refractivity contribution >= 4 is 17.2 Å². The van der Waals surface area contributed by atoms with Crippen LogP contribution in [0.2, 0.25) is 0 Å². The zero-order valence-electron chi connectivity index (χ0n) is 19.2. The van der Waals surface area contributed by atoms with Crippen LogP contribution in [-0.2, 0) is 0 Å². The molecule has 1 atom stereocenters. The topological polar surface area (TPSA) is 62.5 Å². The van der Waals surface area contributed by atoms with Crippen molar-refractivity contribution in [1.29, 1.82) is 0 Å². The number of nitrogen functional groups attached to an aromatic ring is 1. The van der Waals surface area contributed by atoms with Crippen LogP contribution in [0.3, 0.4) is 0 Å². The Morgan fingerprint density at radius 3 is 2.31 bits per heavy atom. The minimum atomic E-state index is 0.0122. The fourth-order valence-electron chi connectivity index (χ4n) is 3.70. The van der Waals surface area contributed by atoms with Gasteiger partial charge in [-0.1, -0.05) is 43.0 Å². The molecule has 1 aromatic heterocycles. The van der Waals surface area contributed by atoms with Crippen LogP contribution >= 0.6 is 0 Å². The van der Waals surface area contributed by atoms with Crippen LogP contribution < -0.4 is 5.73 Å². The summed E-state index contributed by atoms with van der Waals surface area (Å²) in [5, 5.41) is 0. The van der Waals surface area contributed by atoms with Crippen molar-refractivity contribution in [3.8, 4) is 0 Å². The number of allylic oxidation sites excluding steroid dienone is 3. The normalized spacial score (nSPS) is 15.7. The molecule has 2 aromatic rings. The Morgan fingerprint density at radius 1 is 1.06 bits per heavy atom. The largest absolute Gasteiger partial charge is 0.398 e. The maximum atomic E-state index is 12.8. The van der Waals surface area contributed by atoms with E-state index in [1.165, 1.54) is 5.57 Å². The molecule has 5 nitrogen and oxygen atoms in total. The van der Waals surface area contributed by atoms with Crippen molar-refractivity contribution in [2.75, 3.05) is 31.9 Å². The summed E-state index contributed by atoms with van der Waals surface area (Å²) in [4.78, 5) is 21.4. The Labute approximate surface area is 192 Å². The molecule has 1 aromatic carbocycles. The average molecular weight is 431 g/mol. The van der Waals surface area contributed by atoms with Gasteiger partial charge in [0.2, 0.25) is 0 Å². The van der Waals surface area contributed by atoms with Gasteiger partial charge in [0.15, 0.2) is 0 Å². The molecule has 1 unspecified atom stereocenters. The van der Waals surface area contributed by atoms with Crippen molar-refractivity contribution in [1.82, 2.24) is 14.8 Å². The number of hydrogen-bond donors (Lipinski definition) is 1. The maximum absolute atomic E-state index is 12.8. The first-order valence-corrected chi connectivity index (χ1v) is 10.8. The van der Waals surface area contributed by atoms with Gasteiger partial charge in [0.1, 0.15) is 0 Å². The van der Waals surface area contributed by atoms with Crippen molar-refractivity contribution in [2.45, 2.75) is 19.9 Å². The number of para-hydroxylation sites is 1. The molecule has 3 rings (SSSR count). The molecule has 0 radical (unpaired) electrons. The van der Waals surface area contributed by atoms with E-state index in [9.17, 15) is 4.79 Å². The van der Waals surface area contributed by atoms with E-state index in [1.54, 1.807) is 18.3 Å². The summed E-state index contributed by atoms with van der Waals surface area (Å²) in [6, 6.07) is 13.3. The summed E-state index contributed by atoms with van der Waals surface area (Å²) in [6.07, 6.45) is 8.04. The highest BCUT2D eigenvalue weighted by Gasteiger charge is 2.26. The van der Waals surface area contributed by atoms with Gasteiger partial charge in [-0.3, -0.25) is 14.7 Å². The average Bonchev–Trinajstić information content (AvgIpc) is 2.86. The minimum absolute atomic E-state index is 0.0122. The highest BCUT2D eigenvalue weighted by Crippen LogP contribution is 2.19. The van der Waals surface area contributed by atoms with Crippen LogP contribution in [0.4, 0.5) is 5.69 Å². The third-order valence-corrected chi connectivity index (χ3v) is 5.63. The fourth-order valence-corrected chi connectivity index (χ4v) is 3.70. The van der Waals surface area contributed by atoms with E-state index in [2.05, 4.69) is 55.6 Å². The van der Waals surface area contributed by atoms with E-state index in [4.69, 9.17) is 5.73 Å². The van der Waals surface area contributed by atoms with Gasteiger partial charge in [-0.05, 0) is 49.3 Å². The number of aromatic nitrogens is 1. The molecular formula is C27H34N4O. The lowest BCUT2D eigenvalue weighted by atomic mass is 10.0. The number of carbonyl (C=O) groups is 1. The highest BCUT2D eigenvalue weighted by atomic mass is 16.2. The summed E-state index contributed by atoms with van der Waals surface area (Å²) in [5.41, 5.74) is 10.1. The third-order valence-electron chi connectivity index (χ3n) is 5.63. The second-order valence-electron chi connectivity index (χ2n) is 7.45. The minimum Gasteiger partial charge on any atom is -0.398 e. The SMILES string of the molecule is C=C.C=C(/C=C\C(=C/C)C(C)N1CCN(C(=O)c2ccccc2N)CC1)c1ccccn1. The van der Waals surface area contributed by atoms with Gasteiger partial charge in [-0.2, -0.15) is 0 Å². The molecule has 0 saturated carbocycles. The molecule has 2 N–H and O–H groups in total. The number of amides is 1. The molecule has 5 heteroatoms. The number of carbonyl (C=O) groups excluding carboxylic acids is 1. The smallest absolute Gasteiger partial charge is 0.256 e. The molecule has 1 aliphatic heterocycles. The number of pyridine rings is 1. The van der Waals surface area contributed by atoms with E-state index in [1.807, 2.05) is 41.3 Å². The molecule has 32 heavy (non-hydrogen) atoms. The van der Waals surface area contributed by atoms with Crippen LogP contribution in [-0.4, -0.2) is 52.9 Å². The first-order valence-electron chi connectivity index (χ1n) is 10.8. The highest BCUT2D eigenvalue weighted by molar-refractivity contribution is 5.99. The van der Waals surface area contributed by atoms with E-state index < -0.39 is 0 Å². The van der Waals surface area contributed by atoms with Gasteiger partial charge in [0, 0.05) is 44.1 Å². The van der Waals surface area contributed by atoms with E-state index in [0.717, 1.165) is 24.4 Å². The predicted octanol–water partition coefficient (Wildman–Crippen LogP) is 4.83. The zero-order chi connectivity index (χ0) is 23.5. The standard InChI is InChI=1S/C25H30N4O.C2H4/c1-4-21(13-12-19(2)24-11-7-8-14-27-24)20(3)28-15-17-29(18-16-28)25(30)22-9-5-6-10-23(22)26;1-2/h4-14,20H,2,15-18,26H2,1,3H3;1-2H2/b13-12-,21-4+;. The summed E-state index contributed by atoms with van der Waals surface area (Å²) in [6.45, 7) is 17.4. The molecule has 0 aliphatic carbocycles. The molecule has 168 valence electrons.